The molecule has 1 N–H and O–H groups in total. The van der Waals surface area contributed by atoms with Gasteiger partial charge < -0.3 is 15.0 Å². The lowest BCUT2D eigenvalue weighted by molar-refractivity contribution is -0.121. The van der Waals surface area contributed by atoms with Crippen LogP contribution in [0.15, 0.2) is 42.5 Å². The number of nitrogens with one attached hydrogen (secondary N) is 1. The molecule has 0 spiro atoms. The van der Waals surface area contributed by atoms with Gasteiger partial charge in [-0.2, -0.15) is 0 Å². The summed E-state index contributed by atoms with van der Waals surface area (Å²) in [6.07, 6.45) is 1.83. The average Bonchev–Trinajstić information content (AvgIpc) is 2.61. The highest BCUT2D eigenvalue weighted by molar-refractivity contribution is 6.05. The average molecular weight is 342 g/mol. The zero-order chi connectivity index (χ0) is 17.8. The van der Waals surface area contributed by atoms with Crippen LogP contribution < -0.4 is 15.0 Å². The van der Waals surface area contributed by atoms with Crippen LogP contribution in [0.25, 0.3) is 0 Å². The van der Waals surface area contributed by atoms with E-state index >= 15 is 0 Å². The van der Waals surface area contributed by atoms with E-state index < -0.39 is 11.7 Å². The van der Waals surface area contributed by atoms with Crippen molar-refractivity contribution < 1.29 is 18.7 Å². The van der Waals surface area contributed by atoms with Gasteiger partial charge in [-0.05, 0) is 36.8 Å². The topological polar surface area (TPSA) is 58.6 Å². The fraction of sp³-hybridized carbons (Fsp3) is 0.263. The first-order chi connectivity index (χ1) is 12.1. The highest BCUT2D eigenvalue weighted by atomic mass is 19.1. The molecule has 0 saturated carbocycles. The van der Waals surface area contributed by atoms with Gasteiger partial charge in [0.2, 0.25) is 0 Å². The van der Waals surface area contributed by atoms with Crippen LogP contribution in [0.3, 0.4) is 0 Å². The minimum absolute atomic E-state index is 0.0116. The van der Waals surface area contributed by atoms with E-state index in [0.29, 0.717) is 23.7 Å². The molecule has 1 aliphatic heterocycles. The summed E-state index contributed by atoms with van der Waals surface area (Å²) in [5.41, 5.74) is 1.07. The van der Waals surface area contributed by atoms with E-state index in [-0.39, 0.29) is 18.1 Å². The SMILES string of the molecule is CCCCN1C(=O)COc2ccc(NC(=O)c3ccccc3F)cc21. The van der Waals surface area contributed by atoms with E-state index in [9.17, 15) is 14.0 Å². The van der Waals surface area contributed by atoms with Gasteiger partial charge >= 0.3 is 0 Å². The summed E-state index contributed by atoms with van der Waals surface area (Å²) in [6, 6.07) is 10.8. The van der Waals surface area contributed by atoms with Gasteiger partial charge in [0.25, 0.3) is 11.8 Å². The van der Waals surface area contributed by atoms with Crippen LogP contribution in [0, 0.1) is 5.82 Å². The molecule has 0 saturated heterocycles. The first-order valence-electron chi connectivity index (χ1n) is 8.23. The number of carbonyl (C=O) groups is 2. The summed E-state index contributed by atoms with van der Waals surface area (Å²) in [4.78, 5) is 26.1. The number of rotatable bonds is 5. The number of anilines is 2. The lowest BCUT2D eigenvalue weighted by Crippen LogP contribution is -2.39. The quantitative estimate of drug-likeness (QED) is 0.903. The van der Waals surface area contributed by atoms with Gasteiger partial charge in [-0.15, -0.1) is 0 Å². The number of carbonyl (C=O) groups excluding carboxylic acids is 2. The molecule has 5 nitrogen and oxygen atoms in total. The summed E-state index contributed by atoms with van der Waals surface area (Å²) < 4.78 is 19.2. The molecule has 130 valence electrons. The van der Waals surface area contributed by atoms with Crippen molar-refractivity contribution in [2.24, 2.45) is 0 Å². The monoisotopic (exact) mass is 342 g/mol. The number of fused-ring (bicyclic) bond motifs is 1. The van der Waals surface area contributed by atoms with Crippen LogP contribution in [0.2, 0.25) is 0 Å². The van der Waals surface area contributed by atoms with Gasteiger partial charge in [-0.1, -0.05) is 25.5 Å². The molecule has 0 radical (unpaired) electrons. The smallest absolute Gasteiger partial charge is 0.265 e. The van der Waals surface area contributed by atoms with Crippen LogP contribution in [-0.4, -0.2) is 25.0 Å². The fourth-order valence-electron chi connectivity index (χ4n) is 2.69. The molecule has 0 atom stereocenters. The molecular formula is C19H19FN2O3. The van der Waals surface area contributed by atoms with E-state index in [1.807, 2.05) is 0 Å². The van der Waals surface area contributed by atoms with Crippen molar-refractivity contribution >= 4 is 23.2 Å². The minimum Gasteiger partial charge on any atom is -0.482 e. The third-order valence-electron chi connectivity index (χ3n) is 4.01. The van der Waals surface area contributed by atoms with Gasteiger partial charge in [-0.3, -0.25) is 9.59 Å². The van der Waals surface area contributed by atoms with Crippen LogP contribution in [0.4, 0.5) is 15.8 Å². The molecule has 0 unspecified atom stereocenters. The van der Waals surface area contributed by atoms with Crippen LogP contribution in [0.5, 0.6) is 5.75 Å². The summed E-state index contributed by atoms with van der Waals surface area (Å²) in [5, 5.41) is 2.67. The van der Waals surface area contributed by atoms with Crippen molar-refractivity contribution in [2.45, 2.75) is 19.8 Å². The summed E-state index contributed by atoms with van der Waals surface area (Å²) in [7, 11) is 0. The Morgan fingerprint density at radius 3 is 2.84 bits per heavy atom. The Kier molecular flexibility index (Phi) is 4.97. The van der Waals surface area contributed by atoms with Gasteiger partial charge in [0.05, 0.1) is 11.3 Å². The van der Waals surface area contributed by atoms with Gasteiger partial charge in [0, 0.05) is 12.2 Å². The van der Waals surface area contributed by atoms with E-state index in [4.69, 9.17) is 4.74 Å². The normalized spacial score (nSPS) is 13.2. The number of benzene rings is 2. The maximum absolute atomic E-state index is 13.7. The Bertz CT molecular complexity index is 807. The fourth-order valence-corrected chi connectivity index (χ4v) is 2.69. The number of ether oxygens (including phenoxy) is 1. The van der Waals surface area contributed by atoms with Gasteiger partial charge in [-0.25, -0.2) is 4.39 Å². The maximum atomic E-state index is 13.7. The Balaban J connectivity index is 1.85. The van der Waals surface area contributed by atoms with E-state index in [0.717, 1.165) is 12.8 Å². The van der Waals surface area contributed by atoms with Gasteiger partial charge in [0.1, 0.15) is 11.6 Å². The van der Waals surface area contributed by atoms with Crippen molar-refractivity contribution in [3.63, 3.8) is 0 Å². The first kappa shape index (κ1) is 17.0. The highest BCUT2D eigenvalue weighted by Crippen LogP contribution is 2.35. The predicted octanol–water partition coefficient (Wildman–Crippen LogP) is 3.60. The third-order valence-corrected chi connectivity index (χ3v) is 4.01. The highest BCUT2D eigenvalue weighted by Gasteiger charge is 2.25. The van der Waals surface area contributed by atoms with Crippen molar-refractivity contribution in [2.75, 3.05) is 23.4 Å². The molecule has 2 amide bonds. The Morgan fingerprint density at radius 1 is 1.28 bits per heavy atom. The molecule has 25 heavy (non-hydrogen) atoms. The molecule has 0 aliphatic carbocycles. The maximum Gasteiger partial charge on any atom is 0.265 e. The van der Waals surface area contributed by atoms with Crippen molar-refractivity contribution in [3.05, 3.63) is 53.8 Å². The van der Waals surface area contributed by atoms with Crippen molar-refractivity contribution in [1.29, 1.82) is 0 Å². The first-order valence-corrected chi connectivity index (χ1v) is 8.23. The second-order valence-corrected chi connectivity index (χ2v) is 5.80. The zero-order valence-electron chi connectivity index (χ0n) is 13.9. The molecule has 1 aliphatic rings. The molecule has 1 heterocycles. The van der Waals surface area contributed by atoms with E-state index in [1.165, 1.54) is 18.2 Å². The third kappa shape index (κ3) is 3.63. The predicted molar refractivity (Wildman–Crippen MR) is 93.6 cm³/mol. The van der Waals surface area contributed by atoms with Gasteiger partial charge in [0.15, 0.2) is 6.61 Å². The van der Waals surface area contributed by atoms with E-state index in [1.54, 1.807) is 29.2 Å². The Labute approximate surface area is 145 Å². The Morgan fingerprint density at radius 2 is 2.08 bits per heavy atom. The molecule has 0 aromatic heterocycles. The molecule has 6 heteroatoms. The lowest BCUT2D eigenvalue weighted by atomic mass is 10.1. The largest absolute Gasteiger partial charge is 0.482 e. The number of hydrogen-bond donors (Lipinski definition) is 1. The molecule has 2 aromatic rings. The summed E-state index contributed by atoms with van der Waals surface area (Å²) >= 11 is 0. The van der Waals surface area contributed by atoms with Crippen LogP contribution >= 0.6 is 0 Å². The van der Waals surface area contributed by atoms with E-state index in [2.05, 4.69) is 12.2 Å². The van der Waals surface area contributed by atoms with Crippen molar-refractivity contribution in [3.8, 4) is 5.75 Å². The number of hydrogen-bond acceptors (Lipinski definition) is 3. The number of halogens is 1. The standard InChI is InChI=1S/C19H19FN2O3/c1-2-3-10-22-16-11-13(8-9-17(16)25-12-18(22)23)21-19(24)14-6-4-5-7-15(14)20/h4-9,11H,2-3,10,12H2,1H3,(H,21,24). The zero-order valence-corrected chi connectivity index (χ0v) is 13.9. The van der Waals surface area contributed by atoms with Crippen LogP contribution in [-0.2, 0) is 4.79 Å². The molecule has 0 fully saturated rings. The summed E-state index contributed by atoms with van der Waals surface area (Å²) in [6.45, 7) is 2.66. The number of nitrogens with zero attached hydrogens (tertiary/aromatic N) is 1. The molecular weight excluding hydrogens is 323 g/mol. The van der Waals surface area contributed by atoms with Crippen molar-refractivity contribution in [1.82, 2.24) is 0 Å². The minimum atomic E-state index is -0.582. The second kappa shape index (κ2) is 7.34. The number of amides is 2. The van der Waals surface area contributed by atoms with Crippen LogP contribution in [0.1, 0.15) is 30.1 Å². The Hall–Kier alpha value is -2.89. The molecule has 2 aromatic carbocycles. The number of unbranched alkanes of at least 4 members (excludes halogenated alkanes) is 1. The molecule has 3 rings (SSSR count). The lowest BCUT2D eigenvalue weighted by Gasteiger charge is -2.29. The molecule has 0 bridgehead atoms. The second-order valence-electron chi connectivity index (χ2n) is 5.80. The summed E-state index contributed by atoms with van der Waals surface area (Å²) in [5.74, 6) is -0.639.